The second-order valence-corrected chi connectivity index (χ2v) is 15.3. The number of hydrogen-bond donors (Lipinski definition) is 0. The number of carbonyl (C=O) groups excluding carboxylic acids is 1. The molecule has 2 fully saturated rings. The SMILES string of the molecule is COCOc1cc(-c2nc3c4c(nc(S(C)(=O)=O)nc4c2F)N2C[C@@H]4CC[C@H](C2CO3)N4C(=O)OC(C)(C)C)c2c(Cl)cccc2c1. The van der Waals surface area contributed by atoms with Crippen LogP contribution < -0.4 is 14.4 Å². The van der Waals surface area contributed by atoms with Crippen molar-refractivity contribution in [2.75, 3.05) is 38.2 Å². The third-order valence-corrected chi connectivity index (χ3v) is 9.77. The Kier molecular flexibility index (Phi) is 7.60. The minimum atomic E-state index is -3.99. The van der Waals surface area contributed by atoms with Crippen LogP contribution in [0.15, 0.2) is 35.5 Å². The molecule has 2 bridgehead atoms. The summed E-state index contributed by atoms with van der Waals surface area (Å²) in [7, 11) is -2.51. The van der Waals surface area contributed by atoms with Gasteiger partial charge in [-0.2, -0.15) is 0 Å². The third-order valence-electron chi connectivity index (χ3n) is 8.61. The highest BCUT2D eigenvalue weighted by atomic mass is 35.5. The lowest BCUT2D eigenvalue weighted by atomic mass is 9.99. The van der Waals surface area contributed by atoms with Gasteiger partial charge in [0.05, 0.1) is 18.1 Å². The standard InChI is InChI=1S/C32H33ClFN5O7S/c1-32(2,3)46-31(40)39-17-9-10-21(39)22-14-44-29-24-27(36-30(47(5,41)42)37-28(24)38(22)13-17)25(34)26(35-29)19-12-18(45-15-43-4)11-16-7-6-8-20(33)23(16)19/h6-8,11-12,17,21-22H,9-10,13-15H2,1-5H3/t17-,21+,22?/m0/s1. The van der Waals surface area contributed by atoms with E-state index in [2.05, 4.69) is 15.0 Å². The summed E-state index contributed by atoms with van der Waals surface area (Å²) in [5.74, 6) is -0.282. The Morgan fingerprint density at radius 3 is 2.64 bits per heavy atom. The van der Waals surface area contributed by atoms with Crippen molar-refractivity contribution in [3.05, 3.63) is 41.2 Å². The van der Waals surface area contributed by atoms with Gasteiger partial charge in [0.2, 0.25) is 20.9 Å². The number of pyridine rings is 1. The predicted octanol–water partition coefficient (Wildman–Crippen LogP) is 5.37. The van der Waals surface area contributed by atoms with Crippen LogP contribution in [0.3, 0.4) is 0 Å². The van der Waals surface area contributed by atoms with Gasteiger partial charge in [0.1, 0.15) is 40.4 Å². The largest absolute Gasteiger partial charge is 0.475 e. The minimum Gasteiger partial charge on any atom is -0.475 e. The maximum Gasteiger partial charge on any atom is 0.410 e. The number of ether oxygens (including phenoxy) is 4. The Bertz CT molecular complexity index is 2060. The Hall–Kier alpha value is -4.01. The molecule has 1 amide bonds. The molecule has 0 N–H and O–H groups in total. The Balaban J connectivity index is 1.43. The van der Waals surface area contributed by atoms with Gasteiger partial charge >= 0.3 is 6.09 Å². The Labute approximate surface area is 275 Å². The first-order valence-corrected chi connectivity index (χ1v) is 17.4. The van der Waals surface area contributed by atoms with Gasteiger partial charge in [0.25, 0.3) is 0 Å². The highest BCUT2D eigenvalue weighted by Crippen LogP contribution is 2.46. The number of amides is 1. The number of piperazine rings is 1. The van der Waals surface area contributed by atoms with Gasteiger partial charge in [-0.1, -0.05) is 23.7 Å². The number of halogens is 2. The lowest BCUT2D eigenvalue weighted by molar-refractivity contribution is 0.00539. The number of carbonyl (C=O) groups is 1. The molecule has 47 heavy (non-hydrogen) atoms. The fourth-order valence-corrected chi connectivity index (χ4v) is 7.55. The molecular formula is C32H33ClFN5O7S. The van der Waals surface area contributed by atoms with E-state index in [9.17, 15) is 13.2 Å². The molecule has 0 aliphatic carbocycles. The number of sulfone groups is 1. The number of rotatable bonds is 5. The molecule has 4 aromatic rings. The van der Waals surface area contributed by atoms with Gasteiger partial charge in [-0.05, 0) is 57.2 Å². The number of hydrogen-bond acceptors (Lipinski definition) is 11. The fourth-order valence-electron chi connectivity index (χ4n) is 6.76. The van der Waals surface area contributed by atoms with Crippen molar-refractivity contribution in [2.24, 2.45) is 0 Å². The molecule has 0 radical (unpaired) electrons. The fraction of sp³-hybridized carbons (Fsp3) is 0.438. The van der Waals surface area contributed by atoms with Gasteiger partial charge in [-0.25, -0.2) is 32.6 Å². The third kappa shape index (κ3) is 5.45. The normalized spacial score (nSPS) is 20.6. The van der Waals surface area contributed by atoms with Crippen LogP contribution >= 0.6 is 11.6 Å². The van der Waals surface area contributed by atoms with Crippen molar-refractivity contribution < 1.29 is 36.6 Å². The van der Waals surface area contributed by atoms with E-state index < -0.39 is 38.5 Å². The quantitative estimate of drug-likeness (QED) is 0.198. The van der Waals surface area contributed by atoms with E-state index in [-0.39, 0.29) is 59.3 Å². The summed E-state index contributed by atoms with van der Waals surface area (Å²) in [6.45, 7) is 5.75. The maximum atomic E-state index is 16.9. The van der Waals surface area contributed by atoms with E-state index in [0.29, 0.717) is 40.9 Å². The van der Waals surface area contributed by atoms with Crippen LogP contribution in [0.5, 0.6) is 11.6 Å². The summed E-state index contributed by atoms with van der Waals surface area (Å²) in [4.78, 5) is 30.4. The van der Waals surface area contributed by atoms with E-state index in [0.717, 1.165) is 6.26 Å². The zero-order valence-electron chi connectivity index (χ0n) is 26.4. The molecule has 2 saturated heterocycles. The molecule has 3 aliphatic rings. The van der Waals surface area contributed by atoms with Crippen molar-refractivity contribution in [3.63, 3.8) is 0 Å². The molecule has 7 rings (SSSR count). The summed E-state index contributed by atoms with van der Waals surface area (Å²) in [6.07, 6.45) is 1.92. The molecule has 3 aliphatic heterocycles. The summed E-state index contributed by atoms with van der Waals surface area (Å²) in [5, 5.41) is 1.12. The summed E-state index contributed by atoms with van der Waals surface area (Å²) in [5.41, 5.74) is -0.823. The second-order valence-electron chi connectivity index (χ2n) is 13.0. The molecule has 1 unspecified atom stereocenters. The van der Waals surface area contributed by atoms with E-state index in [1.54, 1.807) is 35.2 Å². The smallest absolute Gasteiger partial charge is 0.410 e. The van der Waals surface area contributed by atoms with Crippen LogP contribution in [-0.4, -0.2) is 91.4 Å². The van der Waals surface area contributed by atoms with Gasteiger partial charge < -0.3 is 23.8 Å². The first kappa shape index (κ1) is 31.6. The monoisotopic (exact) mass is 685 g/mol. The molecule has 12 nitrogen and oxygen atoms in total. The van der Waals surface area contributed by atoms with Crippen molar-refractivity contribution >= 4 is 55.0 Å². The van der Waals surface area contributed by atoms with Crippen LogP contribution in [0.1, 0.15) is 33.6 Å². The summed E-state index contributed by atoms with van der Waals surface area (Å²) >= 11 is 6.66. The number of nitrogens with zero attached hydrogens (tertiary/aromatic N) is 5. The Morgan fingerprint density at radius 1 is 1.13 bits per heavy atom. The summed E-state index contributed by atoms with van der Waals surface area (Å²) in [6, 6.07) is 7.57. The van der Waals surface area contributed by atoms with Crippen LogP contribution in [0, 0.1) is 5.82 Å². The van der Waals surface area contributed by atoms with Crippen LogP contribution in [0.2, 0.25) is 5.02 Å². The van der Waals surface area contributed by atoms with Gasteiger partial charge in [-0.15, -0.1) is 0 Å². The highest BCUT2D eigenvalue weighted by molar-refractivity contribution is 7.90. The molecule has 3 atom stereocenters. The topological polar surface area (TPSA) is 133 Å². The van der Waals surface area contributed by atoms with Gasteiger partial charge in [0.15, 0.2) is 12.6 Å². The zero-order chi connectivity index (χ0) is 33.4. The maximum absolute atomic E-state index is 16.9. The first-order chi connectivity index (χ1) is 22.2. The molecule has 15 heteroatoms. The van der Waals surface area contributed by atoms with E-state index in [1.165, 1.54) is 7.11 Å². The molecular weight excluding hydrogens is 653 g/mol. The van der Waals surface area contributed by atoms with E-state index in [1.807, 2.05) is 25.7 Å². The van der Waals surface area contributed by atoms with Crippen molar-refractivity contribution in [1.29, 1.82) is 0 Å². The molecule has 248 valence electrons. The van der Waals surface area contributed by atoms with Crippen molar-refractivity contribution in [3.8, 4) is 22.9 Å². The van der Waals surface area contributed by atoms with Crippen LogP contribution in [-0.2, 0) is 19.3 Å². The molecule has 2 aromatic carbocycles. The predicted molar refractivity (Wildman–Crippen MR) is 172 cm³/mol. The number of anilines is 1. The van der Waals surface area contributed by atoms with E-state index >= 15 is 4.39 Å². The lowest BCUT2D eigenvalue weighted by Gasteiger charge is -2.46. The lowest BCUT2D eigenvalue weighted by Crippen LogP contribution is -2.63. The molecule has 0 saturated carbocycles. The van der Waals surface area contributed by atoms with E-state index in [4.69, 9.17) is 30.5 Å². The summed E-state index contributed by atoms with van der Waals surface area (Å²) < 4.78 is 65.6. The second kappa shape index (κ2) is 11.3. The number of benzene rings is 2. The van der Waals surface area contributed by atoms with Crippen molar-refractivity contribution in [2.45, 2.75) is 62.5 Å². The number of fused-ring (bicyclic) bond motifs is 6. The van der Waals surface area contributed by atoms with Gasteiger partial charge in [-0.3, -0.25) is 4.90 Å². The Morgan fingerprint density at radius 2 is 1.91 bits per heavy atom. The minimum absolute atomic E-state index is 0.0314. The van der Waals surface area contributed by atoms with Crippen LogP contribution in [0.4, 0.5) is 15.0 Å². The first-order valence-electron chi connectivity index (χ1n) is 15.1. The molecule has 5 heterocycles. The molecule has 0 spiro atoms. The molecule has 2 aromatic heterocycles. The number of aromatic nitrogens is 3. The average molecular weight is 686 g/mol. The van der Waals surface area contributed by atoms with Crippen LogP contribution in [0.25, 0.3) is 32.9 Å². The average Bonchev–Trinajstić information content (AvgIpc) is 3.24. The zero-order valence-corrected chi connectivity index (χ0v) is 28.0. The number of methoxy groups -OCH3 is 1. The van der Waals surface area contributed by atoms with Crippen molar-refractivity contribution in [1.82, 2.24) is 19.9 Å². The highest BCUT2D eigenvalue weighted by Gasteiger charge is 2.52. The van der Waals surface area contributed by atoms with Gasteiger partial charge in [0, 0.05) is 35.9 Å².